The summed E-state index contributed by atoms with van der Waals surface area (Å²) < 4.78 is 14.3. The average molecular weight is 423 g/mol. The molecular weight excluding hydrogens is 405 g/mol. The molecule has 158 valence electrons. The number of rotatable bonds is 5. The second-order valence-electron chi connectivity index (χ2n) is 7.40. The molecule has 1 aliphatic heterocycles. The Kier molecular flexibility index (Phi) is 5.33. The Balaban J connectivity index is 1.72. The Bertz CT molecular complexity index is 1070. The van der Waals surface area contributed by atoms with Gasteiger partial charge in [-0.2, -0.15) is 5.01 Å². The van der Waals surface area contributed by atoms with E-state index in [1.54, 1.807) is 6.07 Å². The first-order valence-corrected chi connectivity index (χ1v) is 9.71. The van der Waals surface area contributed by atoms with Crippen LogP contribution >= 0.6 is 0 Å². The third-order valence-corrected chi connectivity index (χ3v) is 5.56. The number of hydrazine groups is 1. The molecule has 2 unspecified atom stereocenters. The van der Waals surface area contributed by atoms with Crippen LogP contribution in [0.2, 0.25) is 0 Å². The predicted octanol–water partition coefficient (Wildman–Crippen LogP) is 3.24. The van der Waals surface area contributed by atoms with Crippen LogP contribution in [0.25, 0.3) is 0 Å². The van der Waals surface area contributed by atoms with Crippen LogP contribution in [0, 0.1) is 27.8 Å². The van der Waals surface area contributed by atoms with Crippen molar-refractivity contribution in [1.29, 1.82) is 0 Å². The number of carbonyl (C=O) groups is 3. The third kappa shape index (κ3) is 3.70. The molecule has 0 aromatic heterocycles. The second kappa shape index (κ2) is 8.10. The fraction of sp³-hybridized carbons (Fsp3) is 0.227. The summed E-state index contributed by atoms with van der Waals surface area (Å²) in [4.78, 5) is 49.7. The first-order valence-electron chi connectivity index (χ1n) is 9.71. The highest BCUT2D eigenvalue weighted by atomic mass is 19.1. The normalized spacial score (nSPS) is 20.0. The van der Waals surface area contributed by atoms with Crippen molar-refractivity contribution in [3.05, 3.63) is 87.7 Å². The Morgan fingerprint density at radius 3 is 2.16 bits per heavy atom. The van der Waals surface area contributed by atoms with Crippen molar-refractivity contribution in [1.82, 2.24) is 10.0 Å². The number of hydrogen-bond acceptors (Lipinski definition) is 5. The summed E-state index contributed by atoms with van der Waals surface area (Å²) in [5.41, 5.74) is -0.0375. The number of benzene rings is 2. The minimum Gasteiger partial charge on any atom is -0.272 e. The van der Waals surface area contributed by atoms with Gasteiger partial charge in [-0.1, -0.05) is 30.4 Å². The lowest BCUT2D eigenvalue weighted by atomic mass is 9.85. The topological polar surface area (TPSA) is 101 Å². The highest BCUT2D eigenvalue weighted by molar-refractivity contribution is 6.08. The van der Waals surface area contributed by atoms with Crippen LogP contribution in [0.3, 0.4) is 0 Å². The zero-order chi connectivity index (χ0) is 22.1. The van der Waals surface area contributed by atoms with E-state index in [1.165, 1.54) is 30.3 Å². The number of nitrogens with zero attached hydrogens (tertiary/aromatic N) is 3. The molecule has 31 heavy (non-hydrogen) atoms. The number of fused-ring (bicyclic) bond motifs is 1. The molecule has 0 N–H and O–H groups in total. The molecule has 1 saturated heterocycles. The van der Waals surface area contributed by atoms with Gasteiger partial charge in [-0.05, 0) is 31.0 Å². The Morgan fingerprint density at radius 1 is 1.03 bits per heavy atom. The lowest BCUT2D eigenvalue weighted by Crippen LogP contribution is -2.50. The monoisotopic (exact) mass is 423 g/mol. The van der Waals surface area contributed by atoms with Crippen molar-refractivity contribution in [3.8, 4) is 0 Å². The van der Waals surface area contributed by atoms with E-state index in [0.29, 0.717) is 12.8 Å². The Hall–Kier alpha value is -3.88. The number of halogens is 1. The van der Waals surface area contributed by atoms with Gasteiger partial charge in [0.25, 0.3) is 23.4 Å². The zero-order valence-corrected chi connectivity index (χ0v) is 16.3. The maximum atomic E-state index is 14.3. The van der Waals surface area contributed by atoms with Crippen molar-refractivity contribution in [2.24, 2.45) is 11.8 Å². The van der Waals surface area contributed by atoms with Crippen LogP contribution in [0.5, 0.6) is 0 Å². The van der Waals surface area contributed by atoms with Crippen molar-refractivity contribution in [3.63, 3.8) is 0 Å². The minimum absolute atomic E-state index is 0.0375. The van der Waals surface area contributed by atoms with Gasteiger partial charge in [0, 0.05) is 23.3 Å². The summed E-state index contributed by atoms with van der Waals surface area (Å²) in [6.07, 6.45) is 4.44. The Morgan fingerprint density at radius 2 is 1.61 bits per heavy atom. The van der Waals surface area contributed by atoms with Gasteiger partial charge >= 0.3 is 0 Å². The van der Waals surface area contributed by atoms with E-state index in [4.69, 9.17) is 0 Å². The van der Waals surface area contributed by atoms with E-state index in [-0.39, 0.29) is 23.4 Å². The van der Waals surface area contributed by atoms with Crippen molar-refractivity contribution in [2.45, 2.75) is 19.4 Å². The first-order chi connectivity index (χ1) is 14.9. The van der Waals surface area contributed by atoms with Gasteiger partial charge in [0.15, 0.2) is 0 Å². The standard InChI is InChI=1S/C22H18FN3O5/c23-19-8-4-1-5-15(19)13-24(20(27)14-9-11-16(12-10-14)26(30)31)25-21(28)17-6-2-3-7-18(17)22(25)29/h1-5,8-12,17-18H,6-7,13H2. The van der Waals surface area contributed by atoms with Gasteiger partial charge < -0.3 is 0 Å². The van der Waals surface area contributed by atoms with Crippen LogP contribution in [0.1, 0.15) is 28.8 Å². The number of hydrogen-bond donors (Lipinski definition) is 0. The second-order valence-corrected chi connectivity index (χ2v) is 7.40. The molecular formula is C22H18FN3O5. The molecule has 0 radical (unpaired) electrons. The van der Waals surface area contributed by atoms with E-state index < -0.39 is 40.3 Å². The maximum absolute atomic E-state index is 14.3. The molecule has 1 heterocycles. The molecule has 0 saturated carbocycles. The number of nitro benzene ring substituents is 1. The van der Waals surface area contributed by atoms with Crippen molar-refractivity contribution >= 4 is 23.4 Å². The zero-order valence-electron chi connectivity index (χ0n) is 16.3. The van der Waals surface area contributed by atoms with Crippen molar-refractivity contribution < 1.29 is 23.7 Å². The Labute approximate surface area is 176 Å². The lowest BCUT2D eigenvalue weighted by Gasteiger charge is -2.30. The van der Waals surface area contributed by atoms with E-state index in [1.807, 2.05) is 12.2 Å². The highest BCUT2D eigenvalue weighted by Gasteiger charge is 2.50. The van der Waals surface area contributed by atoms with Crippen LogP contribution in [-0.4, -0.2) is 32.7 Å². The maximum Gasteiger partial charge on any atom is 0.273 e. The van der Waals surface area contributed by atoms with E-state index in [2.05, 4.69) is 0 Å². The molecule has 2 aliphatic rings. The van der Waals surface area contributed by atoms with Crippen LogP contribution in [0.4, 0.5) is 10.1 Å². The van der Waals surface area contributed by atoms with E-state index >= 15 is 0 Å². The molecule has 8 nitrogen and oxygen atoms in total. The predicted molar refractivity (Wildman–Crippen MR) is 107 cm³/mol. The largest absolute Gasteiger partial charge is 0.273 e. The molecule has 0 bridgehead atoms. The van der Waals surface area contributed by atoms with Gasteiger partial charge in [-0.3, -0.25) is 24.5 Å². The molecule has 1 aliphatic carbocycles. The van der Waals surface area contributed by atoms with Crippen LogP contribution < -0.4 is 0 Å². The summed E-state index contributed by atoms with van der Waals surface area (Å²) in [5.74, 6) is -3.46. The van der Waals surface area contributed by atoms with Gasteiger partial charge in [0.05, 0.1) is 23.3 Å². The molecule has 0 spiro atoms. The summed E-state index contributed by atoms with van der Waals surface area (Å²) >= 11 is 0. The number of non-ortho nitro benzene ring substituents is 1. The molecule has 1 fully saturated rings. The van der Waals surface area contributed by atoms with E-state index in [0.717, 1.165) is 22.2 Å². The SMILES string of the molecule is O=C(c1ccc([N+](=O)[O-])cc1)N(Cc1ccccc1F)N1C(=O)C2CC=CCC2C1=O. The molecule has 3 amide bonds. The van der Waals surface area contributed by atoms with E-state index in [9.17, 15) is 28.9 Å². The number of allylic oxidation sites excluding steroid dienone is 2. The smallest absolute Gasteiger partial charge is 0.272 e. The van der Waals surface area contributed by atoms with Crippen LogP contribution in [-0.2, 0) is 16.1 Å². The number of carbonyl (C=O) groups excluding carboxylic acids is 3. The highest BCUT2D eigenvalue weighted by Crippen LogP contribution is 2.36. The lowest BCUT2D eigenvalue weighted by molar-refractivity contribution is -0.384. The van der Waals surface area contributed by atoms with Gasteiger partial charge in [0.2, 0.25) is 0 Å². The molecule has 2 atom stereocenters. The number of nitro groups is 1. The summed E-state index contributed by atoms with van der Waals surface area (Å²) in [6, 6.07) is 10.6. The fourth-order valence-corrected chi connectivity index (χ4v) is 3.92. The first kappa shape index (κ1) is 20.4. The van der Waals surface area contributed by atoms with Gasteiger partial charge in [-0.15, -0.1) is 0 Å². The molecule has 2 aromatic rings. The average Bonchev–Trinajstić information content (AvgIpc) is 3.03. The third-order valence-electron chi connectivity index (χ3n) is 5.56. The molecule has 9 heteroatoms. The molecule has 4 rings (SSSR count). The fourth-order valence-electron chi connectivity index (χ4n) is 3.92. The van der Waals surface area contributed by atoms with Gasteiger partial charge in [-0.25, -0.2) is 9.40 Å². The summed E-state index contributed by atoms with van der Waals surface area (Å²) in [7, 11) is 0. The minimum atomic E-state index is -0.730. The molecule has 2 aromatic carbocycles. The number of imide groups is 1. The number of amides is 3. The van der Waals surface area contributed by atoms with Gasteiger partial charge in [0.1, 0.15) is 5.82 Å². The van der Waals surface area contributed by atoms with Crippen LogP contribution in [0.15, 0.2) is 60.7 Å². The summed E-state index contributed by atoms with van der Waals surface area (Å²) in [6.45, 7) is -0.340. The van der Waals surface area contributed by atoms with Crippen molar-refractivity contribution in [2.75, 3.05) is 0 Å². The quantitative estimate of drug-likeness (QED) is 0.318. The summed E-state index contributed by atoms with van der Waals surface area (Å²) in [5, 5.41) is 12.7.